The molecule has 0 aromatic carbocycles. The summed E-state index contributed by atoms with van der Waals surface area (Å²) in [5.41, 5.74) is 0. The summed E-state index contributed by atoms with van der Waals surface area (Å²) in [5, 5.41) is 3.86. The molecule has 1 heterocycles. The van der Waals surface area contributed by atoms with Crippen LogP contribution >= 0.6 is 0 Å². The monoisotopic (exact) mass is 280 g/mol. The molecule has 20 heavy (non-hydrogen) atoms. The molecule has 3 unspecified atom stereocenters. The maximum absolute atomic E-state index is 5.96. The molecule has 2 saturated carbocycles. The molecule has 3 aliphatic rings. The molecule has 0 bridgehead atoms. The Morgan fingerprint density at radius 3 is 2.80 bits per heavy atom. The SMILES string of the molecule is CCCNC(CN1CCOC2CCCC21)C1CCCC1. The molecule has 1 saturated heterocycles. The van der Waals surface area contributed by atoms with Gasteiger partial charge in [0.1, 0.15) is 0 Å². The van der Waals surface area contributed by atoms with Crippen molar-refractivity contribution in [2.24, 2.45) is 5.92 Å². The Balaban J connectivity index is 1.59. The number of morpholine rings is 1. The second-order valence-corrected chi connectivity index (χ2v) is 7.01. The molecule has 3 rings (SSSR count). The Kier molecular flexibility index (Phi) is 5.36. The highest BCUT2D eigenvalue weighted by Crippen LogP contribution is 2.32. The zero-order valence-electron chi connectivity index (χ0n) is 13.2. The van der Waals surface area contributed by atoms with Crippen LogP contribution in [0.25, 0.3) is 0 Å². The summed E-state index contributed by atoms with van der Waals surface area (Å²) < 4.78 is 5.96. The summed E-state index contributed by atoms with van der Waals surface area (Å²) in [6, 6.07) is 1.44. The fourth-order valence-corrected chi connectivity index (χ4v) is 4.55. The molecule has 0 radical (unpaired) electrons. The second kappa shape index (κ2) is 7.24. The van der Waals surface area contributed by atoms with E-state index in [1.165, 1.54) is 64.5 Å². The molecule has 3 fully saturated rings. The first-order valence-electron chi connectivity index (χ1n) is 8.97. The first-order valence-corrected chi connectivity index (χ1v) is 8.97. The highest BCUT2D eigenvalue weighted by molar-refractivity contribution is 4.92. The summed E-state index contributed by atoms with van der Waals surface area (Å²) in [6.45, 7) is 6.82. The van der Waals surface area contributed by atoms with Crippen LogP contribution in [0.15, 0.2) is 0 Å². The first-order chi connectivity index (χ1) is 9.88. The van der Waals surface area contributed by atoms with Crippen molar-refractivity contribution in [3.8, 4) is 0 Å². The molecular weight excluding hydrogens is 248 g/mol. The second-order valence-electron chi connectivity index (χ2n) is 7.01. The lowest BCUT2D eigenvalue weighted by Gasteiger charge is -2.41. The van der Waals surface area contributed by atoms with Crippen LogP contribution in [0.3, 0.4) is 0 Å². The van der Waals surface area contributed by atoms with Gasteiger partial charge in [0.05, 0.1) is 12.7 Å². The van der Waals surface area contributed by atoms with Gasteiger partial charge in [-0.2, -0.15) is 0 Å². The van der Waals surface area contributed by atoms with Gasteiger partial charge < -0.3 is 10.1 Å². The third-order valence-electron chi connectivity index (χ3n) is 5.65. The molecule has 116 valence electrons. The molecule has 0 amide bonds. The maximum Gasteiger partial charge on any atom is 0.0730 e. The fraction of sp³-hybridized carbons (Fsp3) is 1.00. The van der Waals surface area contributed by atoms with E-state index in [0.717, 1.165) is 31.2 Å². The maximum atomic E-state index is 5.96. The Labute approximate surface area is 124 Å². The van der Waals surface area contributed by atoms with Gasteiger partial charge in [0.2, 0.25) is 0 Å². The van der Waals surface area contributed by atoms with E-state index in [1.54, 1.807) is 0 Å². The molecule has 1 aliphatic heterocycles. The van der Waals surface area contributed by atoms with E-state index in [2.05, 4.69) is 17.1 Å². The number of rotatable bonds is 6. The first kappa shape index (κ1) is 14.8. The average molecular weight is 280 g/mol. The molecule has 3 heteroatoms. The van der Waals surface area contributed by atoms with Crippen molar-refractivity contribution in [2.75, 3.05) is 26.2 Å². The van der Waals surface area contributed by atoms with E-state index in [4.69, 9.17) is 4.74 Å². The Morgan fingerprint density at radius 2 is 2.00 bits per heavy atom. The Bertz CT molecular complexity index is 291. The minimum Gasteiger partial charge on any atom is -0.375 e. The lowest BCUT2D eigenvalue weighted by atomic mass is 9.96. The Morgan fingerprint density at radius 1 is 1.15 bits per heavy atom. The predicted molar refractivity (Wildman–Crippen MR) is 83.0 cm³/mol. The van der Waals surface area contributed by atoms with E-state index < -0.39 is 0 Å². The highest BCUT2D eigenvalue weighted by atomic mass is 16.5. The van der Waals surface area contributed by atoms with E-state index >= 15 is 0 Å². The average Bonchev–Trinajstić information content (AvgIpc) is 3.14. The van der Waals surface area contributed by atoms with Gasteiger partial charge in [0.15, 0.2) is 0 Å². The smallest absolute Gasteiger partial charge is 0.0730 e. The molecule has 1 N–H and O–H groups in total. The van der Waals surface area contributed by atoms with Crippen LogP contribution in [0.2, 0.25) is 0 Å². The van der Waals surface area contributed by atoms with E-state index in [9.17, 15) is 0 Å². The largest absolute Gasteiger partial charge is 0.375 e. The van der Waals surface area contributed by atoms with Crippen LogP contribution in [0.1, 0.15) is 58.3 Å². The number of ether oxygens (including phenoxy) is 1. The van der Waals surface area contributed by atoms with Crippen molar-refractivity contribution in [3.05, 3.63) is 0 Å². The van der Waals surface area contributed by atoms with Gasteiger partial charge in [0, 0.05) is 25.2 Å². The van der Waals surface area contributed by atoms with Crippen molar-refractivity contribution in [1.82, 2.24) is 10.2 Å². The van der Waals surface area contributed by atoms with Crippen LogP contribution in [-0.4, -0.2) is 49.3 Å². The zero-order chi connectivity index (χ0) is 13.8. The topological polar surface area (TPSA) is 24.5 Å². The number of nitrogens with one attached hydrogen (secondary N) is 1. The fourth-order valence-electron chi connectivity index (χ4n) is 4.55. The number of hydrogen-bond acceptors (Lipinski definition) is 3. The van der Waals surface area contributed by atoms with E-state index in [0.29, 0.717) is 6.10 Å². The van der Waals surface area contributed by atoms with Crippen LogP contribution in [0, 0.1) is 5.92 Å². The number of hydrogen-bond donors (Lipinski definition) is 1. The molecule has 3 nitrogen and oxygen atoms in total. The number of nitrogens with zero attached hydrogens (tertiary/aromatic N) is 1. The van der Waals surface area contributed by atoms with Crippen molar-refractivity contribution in [1.29, 1.82) is 0 Å². The summed E-state index contributed by atoms with van der Waals surface area (Å²) in [4.78, 5) is 2.76. The summed E-state index contributed by atoms with van der Waals surface area (Å²) in [7, 11) is 0. The predicted octanol–water partition coefficient (Wildman–Crippen LogP) is 2.80. The normalized spacial score (nSPS) is 33.5. The van der Waals surface area contributed by atoms with Gasteiger partial charge in [-0.25, -0.2) is 0 Å². The van der Waals surface area contributed by atoms with Crippen LogP contribution in [-0.2, 0) is 4.74 Å². The lowest BCUT2D eigenvalue weighted by Crippen LogP contribution is -2.54. The van der Waals surface area contributed by atoms with Gasteiger partial charge in [-0.3, -0.25) is 4.90 Å². The van der Waals surface area contributed by atoms with Gasteiger partial charge in [-0.15, -0.1) is 0 Å². The minimum absolute atomic E-state index is 0.541. The third-order valence-corrected chi connectivity index (χ3v) is 5.65. The molecule has 0 aromatic heterocycles. The quantitative estimate of drug-likeness (QED) is 0.810. The van der Waals surface area contributed by atoms with Crippen LogP contribution in [0.5, 0.6) is 0 Å². The lowest BCUT2D eigenvalue weighted by molar-refractivity contribution is -0.0599. The minimum atomic E-state index is 0.541. The molecule has 0 spiro atoms. The summed E-state index contributed by atoms with van der Waals surface area (Å²) in [6.07, 6.45) is 11.6. The number of fused-ring (bicyclic) bond motifs is 1. The Hall–Kier alpha value is -0.120. The summed E-state index contributed by atoms with van der Waals surface area (Å²) >= 11 is 0. The van der Waals surface area contributed by atoms with E-state index in [-0.39, 0.29) is 0 Å². The molecule has 2 aliphatic carbocycles. The van der Waals surface area contributed by atoms with Gasteiger partial charge >= 0.3 is 0 Å². The van der Waals surface area contributed by atoms with Crippen LogP contribution in [0.4, 0.5) is 0 Å². The van der Waals surface area contributed by atoms with Crippen LogP contribution < -0.4 is 5.32 Å². The van der Waals surface area contributed by atoms with Crippen molar-refractivity contribution >= 4 is 0 Å². The molecular formula is C17H32N2O. The van der Waals surface area contributed by atoms with Crippen molar-refractivity contribution in [3.63, 3.8) is 0 Å². The molecule has 0 aromatic rings. The third kappa shape index (κ3) is 3.37. The highest BCUT2D eigenvalue weighted by Gasteiger charge is 2.37. The molecule has 3 atom stereocenters. The van der Waals surface area contributed by atoms with Crippen molar-refractivity contribution in [2.45, 2.75) is 76.5 Å². The van der Waals surface area contributed by atoms with Crippen molar-refractivity contribution < 1.29 is 4.74 Å². The van der Waals surface area contributed by atoms with Gasteiger partial charge in [0.25, 0.3) is 0 Å². The standard InChI is InChI=1S/C17H32N2O/c1-2-10-18-15(14-6-3-4-7-14)13-19-11-12-20-17-9-5-8-16(17)19/h14-18H,2-13H2,1H3. The summed E-state index contributed by atoms with van der Waals surface area (Å²) in [5.74, 6) is 0.921. The van der Waals surface area contributed by atoms with Gasteiger partial charge in [-0.1, -0.05) is 19.8 Å². The zero-order valence-corrected chi connectivity index (χ0v) is 13.2. The van der Waals surface area contributed by atoms with E-state index in [1.807, 2.05) is 0 Å². The van der Waals surface area contributed by atoms with Gasteiger partial charge in [-0.05, 0) is 51.0 Å².